The zero-order valence-corrected chi connectivity index (χ0v) is 14.5. The van der Waals surface area contributed by atoms with Gasteiger partial charge in [0, 0.05) is 10.9 Å². The summed E-state index contributed by atoms with van der Waals surface area (Å²) in [5.74, 6) is 1.37. The molecular weight excluding hydrogens is 340 g/mol. The average molecular weight is 356 g/mol. The zero-order chi connectivity index (χ0) is 16.4. The topological polar surface area (TPSA) is 51.2 Å². The highest BCUT2D eigenvalue weighted by Gasteiger charge is 2.21. The molecule has 3 aromatic rings. The molecule has 0 bridgehead atoms. The maximum atomic E-state index is 12.3. The van der Waals surface area contributed by atoms with Crippen molar-refractivity contribution in [3.05, 3.63) is 52.7 Å². The lowest BCUT2D eigenvalue weighted by Crippen LogP contribution is -2.11. The predicted molar refractivity (Wildman–Crippen MR) is 98.0 cm³/mol. The first-order chi connectivity index (χ1) is 11.8. The molecule has 0 saturated heterocycles. The lowest BCUT2D eigenvalue weighted by molar-refractivity contribution is 0.102. The SMILES string of the molecule is O=C(Nc1nc(-c2cccs2)cs1)c1ccc(OCC2CC2)cc1. The highest BCUT2D eigenvalue weighted by atomic mass is 32.1. The zero-order valence-electron chi connectivity index (χ0n) is 12.9. The van der Waals surface area contributed by atoms with Gasteiger partial charge in [0.1, 0.15) is 5.75 Å². The summed E-state index contributed by atoms with van der Waals surface area (Å²) < 4.78 is 5.69. The molecule has 1 amide bonds. The number of carbonyl (C=O) groups is 1. The minimum absolute atomic E-state index is 0.157. The Labute approximate surface area is 148 Å². The molecule has 1 saturated carbocycles. The number of hydrogen-bond acceptors (Lipinski definition) is 5. The number of nitrogens with zero attached hydrogens (tertiary/aromatic N) is 1. The van der Waals surface area contributed by atoms with Crippen LogP contribution in [0, 0.1) is 5.92 Å². The fourth-order valence-electron chi connectivity index (χ4n) is 2.24. The Morgan fingerprint density at radius 3 is 2.75 bits per heavy atom. The second-order valence-electron chi connectivity index (χ2n) is 5.75. The van der Waals surface area contributed by atoms with Crippen LogP contribution in [0.15, 0.2) is 47.2 Å². The van der Waals surface area contributed by atoms with E-state index in [-0.39, 0.29) is 5.91 Å². The second-order valence-corrected chi connectivity index (χ2v) is 7.55. The molecule has 6 heteroatoms. The van der Waals surface area contributed by atoms with Gasteiger partial charge in [-0.05, 0) is 54.5 Å². The Balaban J connectivity index is 1.38. The van der Waals surface area contributed by atoms with E-state index < -0.39 is 0 Å². The van der Waals surface area contributed by atoms with Gasteiger partial charge in [0.2, 0.25) is 0 Å². The Bertz CT molecular complexity index is 821. The van der Waals surface area contributed by atoms with Crippen LogP contribution in [0.3, 0.4) is 0 Å². The molecule has 24 heavy (non-hydrogen) atoms. The highest BCUT2D eigenvalue weighted by molar-refractivity contribution is 7.16. The van der Waals surface area contributed by atoms with Crippen LogP contribution in [0.25, 0.3) is 10.6 Å². The van der Waals surface area contributed by atoms with Crippen molar-refractivity contribution in [2.45, 2.75) is 12.8 Å². The third kappa shape index (κ3) is 3.66. The summed E-state index contributed by atoms with van der Waals surface area (Å²) in [7, 11) is 0. The van der Waals surface area contributed by atoms with E-state index in [9.17, 15) is 4.79 Å². The molecule has 0 spiro atoms. The second kappa shape index (κ2) is 6.75. The first-order valence-corrected chi connectivity index (χ1v) is 9.57. The summed E-state index contributed by atoms with van der Waals surface area (Å²) in [4.78, 5) is 17.9. The van der Waals surface area contributed by atoms with Crippen molar-refractivity contribution in [2.24, 2.45) is 5.92 Å². The Kier molecular flexibility index (Phi) is 4.32. The maximum absolute atomic E-state index is 12.3. The molecule has 0 unspecified atom stereocenters. The third-order valence-corrected chi connectivity index (χ3v) is 5.45. The first-order valence-electron chi connectivity index (χ1n) is 7.81. The smallest absolute Gasteiger partial charge is 0.257 e. The summed E-state index contributed by atoms with van der Waals surface area (Å²) in [6.07, 6.45) is 2.53. The van der Waals surface area contributed by atoms with E-state index in [2.05, 4.69) is 10.3 Å². The van der Waals surface area contributed by atoms with Gasteiger partial charge in [0.05, 0.1) is 17.2 Å². The van der Waals surface area contributed by atoms with Gasteiger partial charge in [-0.15, -0.1) is 22.7 Å². The van der Waals surface area contributed by atoms with Gasteiger partial charge >= 0.3 is 0 Å². The van der Waals surface area contributed by atoms with Gasteiger partial charge in [-0.2, -0.15) is 0 Å². The molecule has 1 aliphatic carbocycles. The lowest BCUT2D eigenvalue weighted by Gasteiger charge is -2.06. The van der Waals surface area contributed by atoms with Crippen molar-refractivity contribution in [3.63, 3.8) is 0 Å². The summed E-state index contributed by atoms with van der Waals surface area (Å²) in [6.45, 7) is 0.774. The highest BCUT2D eigenvalue weighted by Crippen LogP contribution is 2.30. The van der Waals surface area contributed by atoms with Crippen molar-refractivity contribution in [1.82, 2.24) is 4.98 Å². The van der Waals surface area contributed by atoms with Crippen molar-refractivity contribution in [1.29, 1.82) is 0 Å². The molecule has 2 heterocycles. The normalized spacial score (nSPS) is 13.7. The number of thiazole rings is 1. The Hall–Kier alpha value is -2.18. The van der Waals surface area contributed by atoms with Gasteiger partial charge in [-0.3, -0.25) is 10.1 Å². The van der Waals surface area contributed by atoms with Crippen LogP contribution in [-0.2, 0) is 0 Å². The number of nitrogens with one attached hydrogen (secondary N) is 1. The van der Waals surface area contributed by atoms with E-state index in [1.807, 2.05) is 35.0 Å². The number of aromatic nitrogens is 1. The Morgan fingerprint density at radius 1 is 1.21 bits per heavy atom. The number of hydrogen-bond donors (Lipinski definition) is 1. The number of amides is 1. The molecule has 0 aliphatic heterocycles. The number of thiophene rings is 1. The molecule has 1 aromatic carbocycles. The molecular formula is C18H16N2O2S2. The van der Waals surface area contributed by atoms with E-state index in [1.54, 1.807) is 23.5 Å². The minimum atomic E-state index is -0.157. The van der Waals surface area contributed by atoms with Crippen LogP contribution in [0.5, 0.6) is 5.75 Å². The molecule has 122 valence electrons. The van der Waals surface area contributed by atoms with Crippen molar-refractivity contribution >= 4 is 33.7 Å². The van der Waals surface area contributed by atoms with E-state index >= 15 is 0 Å². The van der Waals surface area contributed by atoms with E-state index in [4.69, 9.17) is 4.74 Å². The molecule has 1 N–H and O–H groups in total. The molecule has 4 rings (SSSR count). The molecule has 1 fully saturated rings. The monoisotopic (exact) mass is 356 g/mol. The van der Waals surface area contributed by atoms with Gasteiger partial charge in [0.15, 0.2) is 5.13 Å². The summed E-state index contributed by atoms with van der Waals surface area (Å²) in [5, 5.41) is 7.43. The standard InChI is InChI=1S/C18H16N2O2S2/c21-17(13-5-7-14(8-6-13)22-10-12-3-4-12)20-18-19-15(11-24-18)16-2-1-9-23-16/h1-2,5-9,11-12H,3-4,10H2,(H,19,20,21). The fraction of sp³-hybridized carbons (Fsp3) is 0.222. The molecule has 4 nitrogen and oxygen atoms in total. The summed E-state index contributed by atoms with van der Waals surface area (Å²) in [6, 6.07) is 11.3. The minimum Gasteiger partial charge on any atom is -0.493 e. The summed E-state index contributed by atoms with van der Waals surface area (Å²) in [5.41, 5.74) is 1.50. The van der Waals surface area contributed by atoms with Gasteiger partial charge in [0.25, 0.3) is 5.91 Å². The first kappa shape index (κ1) is 15.4. The molecule has 0 atom stereocenters. The number of anilines is 1. The van der Waals surface area contributed by atoms with Crippen LogP contribution in [0.4, 0.5) is 5.13 Å². The predicted octanol–water partition coefficient (Wildman–Crippen LogP) is 4.91. The number of carbonyl (C=O) groups excluding carboxylic acids is 1. The van der Waals surface area contributed by atoms with E-state index in [0.29, 0.717) is 10.7 Å². The van der Waals surface area contributed by atoms with Gasteiger partial charge < -0.3 is 4.74 Å². The van der Waals surface area contributed by atoms with Gasteiger partial charge in [-0.25, -0.2) is 4.98 Å². The Morgan fingerprint density at radius 2 is 2.04 bits per heavy atom. The van der Waals surface area contributed by atoms with Crippen LogP contribution in [-0.4, -0.2) is 17.5 Å². The van der Waals surface area contributed by atoms with E-state index in [1.165, 1.54) is 24.2 Å². The molecule has 2 aromatic heterocycles. The lowest BCUT2D eigenvalue weighted by atomic mass is 10.2. The quantitative estimate of drug-likeness (QED) is 0.682. The number of rotatable bonds is 6. The van der Waals surface area contributed by atoms with Crippen LogP contribution in [0.1, 0.15) is 23.2 Å². The number of ether oxygens (including phenoxy) is 1. The maximum Gasteiger partial charge on any atom is 0.257 e. The molecule has 1 aliphatic rings. The molecule has 0 radical (unpaired) electrons. The van der Waals surface area contributed by atoms with Crippen LogP contribution >= 0.6 is 22.7 Å². The van der Waals surface area contributed by atoms with Crippen LogP contribution < -0.4 is 10.1 Å². The number of benzene rings is 1. The van der Waals surface area contributed by atoms with Crippen molar-refractivity contribution in [2.75, 3.05) is 11.9 Å². The third-order valence-electron chi connectivity index (χ3n) is 3.80. The largest absolute Gasteiger partial charge is 0.493 e. The van der Waals surface area contributed by atoms with E-state index in [0.717, 1.165) is 28.8 Å². The van der Waals surface area contributed by atoms with Gasteiger partial charge in [-0.1, -0.05) is 6.07 Å². The fourth-order valence-corrected chi connectivity index (χ4v) is 3.71. The summed E-state index contributed by atoms with van der Waals surface area (Å²) >= 11 is 3.07. The average Bonchev–Trinajstić information content (AvgIpc) is 3.07. The van der Waals surface area contributed by atoms with Crippen molar-refractivity contribution < 1.29 is 9.53 Å². The van der Waals surface area contributed by atoms with Crippen LogP contribution in [0.2, 0.25) is 0 Å². The van der Waals surface area contributed by atoms with Crippen molar-refractivity contribution in [3.8, 4) is 16.3 Å².